The summed E-state index contributed by atoms with van der Waals surface area (Å²) in [4.78, 5) is 11.7. The van der Waals surface area contributed by atoms with Gasteiger partial charge >= 0.3 is 6.09 Å². The first-order valence-corrected chi connectivity index (χ1v) is 10.9. The first kappa shape index (κ1) is 21.3. The molecule has 1 heterocycles. The molecule has 1 atom stereocenters. The summed E-state index contributed by atoms with van der Waals surface area (Å²) in [6.07, 6.45) is 2.12. The number of amides is 1. The second kappa shape index (κ2) is 8.94. The zero-order valence-electron chi connectivity index (χ0n) is 16.3. The van der Waals surface area contributed by atoms with Crippen molar-refractivity contribution in [2.45, 2.75) is 37.3 Å². The van der Waals surface area contributed by atoms with Crippen molar-refractivity contribution in [1.29, 1.82) is 0 Å². The van der Waals surface area contributed by atoms with Gasteiger partial charge in [-0.15, -0.1) is 0 Å². The molecule has 1 spiro atoms. The van der Waals surface area contributed by atoms with Gasteiger partial charge in [0.2, 0.25) is 0 Å². The van der Waals surface area contributed by atoms with E-state index >= 15 is 0 Å². The van der Waals surface area contributed by atoms with Crippen molar-refractivity contribution in [2.75, 3.05) is 13.1 Å². The molecule has 2 aromatic carbocycles. The SMILES string of the molecule is Cc1ccc(S(=O)(=O)O)cc1.O=C(N[C@@H]1CNCC12CC2)OCc1ccccc1. The Morgan fingerprint density at radius 3 is 2.41 bits per heavy atom. The quantitative estimate of drug-likeness (QED) is 0.660. The molecule has 0 radical (unpaired) electrons. The average molecular weight is 419 g/mol. The van der Waals surface area contributed by atoms with E-state index in [0.29, 0.717) is 12.0 Å². The third kappa shape index (κ3) is 6.03. The van der Waals surface area contributed by atoms with Crippen LogP contribution in [0.25, 0.3) is 0 Å². The molecule has 4 rings (SSSR count). The Bertz CT molecular complexity index is 925. The number of hydrogen-bond acceptors (Lipinski definition) is 5. The normalized spacial score (nSPS) is 19.2. The lowest BCUT2D eigenvalue weighted by atomic mass is 10.0. The summed E-state index contributed by atoms with van der Waals surface area (Å²) in [5, 5.41) is 6.31. The average Bonchev–Trinajstić information content (AvgIpc) is 3.37. The van der Waals surface area contributed by atoms with Crippen molar-refractivity contribution in [2.24, 2.45) is 5.41 Å². The second-order valence-electron chi connectivity index (χ2n) is 7.54. The minimum atomic E-state index is -4.02. The van der Waals surface area contributed by atoms with E-state index in [4.69, 9.17) is 9.29 Å². The highest BCUT2D eigenvalue weighted by Crippen LogP contribution is 2.50. The Morgan fingerprint density at radius 1 is 1.17 bits per heavy atom. The lowest BCUT2D eigenvalue weighted by Crippen LogP contribution is -2.41. The zero-order chi connectivity index (χ0) is 20.9. The highest BCUT2D eigenvalue weighted by molar-refractivity contribution is 7.85. The molecule has 0 aromatic heterocycles. The van der Waals surface area contributed by atoms with Crippen molar-refractivity contribution < 1.29 is 22.5 Å². The Balaban J connectivity index is 0.000000188. The third-order valence-corrected chi connectivity index (χ3v) is 6.15. The largest absolute Gasteiger partial charge is 0.445 e. The zero-order valence-corrected chi connectivity index (χ0v) is 17.1. The molecule has 2 fully saturated rings. The lowest BCUT2D eigenvalue weighted by Gasteiger charge is -2.18. The predicted molar refractivity (Wildman–Crippen MR) is 109 cm³/mol. The van der Waals surface area contributed by atoms with Crippen molar-refractivity contribution in [1.82, 2.24) is 10.6 Å². The molecule has 1 amide bonds. The van der Waals surface area contributed by atoms with E-state index in [0.717, 1.165) is 24.2 Å². The minimum absolute atomic E-state index is 0.0666. The van der Waals surface area contributed by atoms with Gasteiger partial charge in [-0.2, -0.15) is 8.42 Å². The maximum absolute atomic E-state index is 11.7. The Kier molecular flexibility index (Phi) is 6.56. The summed E-state index contributed by atoms with van der Waals surface area (Å²) in [7, 11) is -4.02. The molecule has 0 bridgehead atoms. The number of alkyl carbamates (subject to hydrolysis) is 1. The summed E-state index contributed by atoms with van der Waals surface area (Å²) in [5.41, 5.74) is 2.29. The summed E-state index contributed by atoms with van der Waals surface area (Å²) in [5.74, 6) is 0. The van der Waals surface area contributed by atoms with E-state index in [-0.39, 0.29) is 17.0 Å². The maximum atomic E-state index is 11.7. The van der Waals surface area contributed by atoms with Crippen LogP contribution in [0.1, 0.15) is 24.0 Å². The summed E-state index contributed by atoms with van der Waals surface area (Å²) in [6.45, 7) is 4.06. The van der Waals surface area contributed by atoms with E-state index in [2.05, 4.69) is 10.6 Å². The van der Waals surface area contributed by atoms with Gasteiger partial charge < -0.3 is 15.4 Å². The third-order valence-electron chi connectivity index (χ3n) is 5.28. The molecule has 1 saturated carbocycles. The van der Waals surface area contributed by atoms with Crippen LogP contribution in [-0.4, -0.2) is 38.2 Å². The molecule has 1 aliphatic heterocycles. The topological polar surface area (TPSA) is 105 Å². The molecule has 29 heavy (non-hydrogen) atoms. The van der Waals surface area contributed by atoms with E-state index in [1.165, 1.54) is 25.0 Å². The van der Waals surface area contributed by atoms with Crippen LogP contribution in [0, 0.1) is 12.3 Å². The number of aryl methyl sites for hydroxylation is 1. The van der Waals surface area contributed by atoms with Crippen LogP contribution >= 0.6 is 0 Å². The van der Waals surface area contributed by atoms with Gasteiger partial charge in [-0.25, -0.2) is 4.79 Å². The first-order chi connectivity index (χ1) is 13.8. The van der Waals surface area contributed by atoms with Crippen LogP contribution in [0.15, 0.2) is 59.5 Å². The van der Waals surface area contributed by atoms with Crippen molar-refractivity contribution in [3.63, 3.8) is 0 Å². The fourth-order valence-corrected chi connectivity index (χ4v) is 3.79. The molecule has 2 aromatic rings. The van der Waals surface area contributed by atoms with Crippen molar-refractivity contribution in [3.05, 3.63) is 65.7 Å². The van der Waals surface area contributed by atoms with Gasteiger partial charge in [0.1, 0.15) is 6.61 Å². The van der Waals surface area contributed by atoms with Gasteiger partial charge in [-0.05, 0) is 37.5 Å². The minimum Gasteiger partial charge on any atom is -0.445 e. The predicted octanol–water partition coefficient (Wildman–Crippen LogP) is 2.91. The summed E-state index contributed by atoms with van der Waals surface area (Å²) < 4.78 is 34.8. The molecule has 0 unspecified atom stereocenters. The molecule has 156 valence electrons. The summed E-state index contributed by atoms with van der Waals surface area (Å²) >= 11 is 0. The number of hydrogen-bond donors (Lipinski definition) is 3. The molecule has 2 aliphatic rings. The van der Waals surface area contributed by atoms with Gasteiger partial charge in [-0.1, -0.05) is 48.0 Å². The Morgan fingerprint density at radius 2 is 1.83 bits per heavy atom. The van der Waals surface area contributed by atoms with Crippen LogP contribution in [0.5, 0.6) is 0 Å². The first-order valence-electron chi connectivity index (χ1n) is 9.51. The molecular formula is C21H26N2O5S. The standard InChI is InChI=1S/C14H18N2O2.C7H8O3S/c17-13(18-9-11-4-2-1-3-5-11)16-12-8-15-10-14(12)6-7-14;1-6-2-4-7(5-3-6)11(8,9)10/h1-5,12,15H,6-10H2,(H,16,17);2-5H,1H3,(H,8,9,10)/t12-;/m1./s1. The van der Waals surface area contributed by atoms with Gasteiger partial charge in [0, 0.05) is 18.5 Å². The fraction of sp³-hybridized carbons (Fsp3) is 0.381. The maximum Gasteiger partial charge on any atom is 0.407 e. The number of ether oxygens (including phenoxy) is 1. The van der Waals surface area contributed by atoms with Crippen LogP contribution < -0.4 is 10.6 Å². The second-order valence-corrected chi connectivity index (χ2v) is 8.96. The Labute approximate surface area is 171 Å². The van der Waals surface area contributed by atoms with E-state index in [1.54, 1.807) is 12.1 Å². The molecule has 1 saturated heterocycles. The summed E-state index contributed by atoms with van der Waals surface area (Å²) in [6, 6.07) is 16.0. The van der Waals surface area contributed by atoms with Crippen molar-refractivity contribution in [3.8, 4) is 0 Å². The highest BCUT2D eigenvalue weighted by Gasteiger charge is 2.52. The molecular weight excluding hydrogens is 392 g/mol. The van der Waals surface area contributed by atoms with E-state index < -0.39 is 10.1 Å². The van der Waals surface area contributed by atoms with Crippen LogP contribution in [0.2, 0.25) is 0 Å². The fourth-order valence-electron chi connectivity index (χ4n) is 3.31. The number of rotatable bonds is 4. The van der Waals surface area contributed by atoms with Crippen LogP contribution in [0.3, 0.4) is 0 Å². The van der Waals surface area contributed by atoms with Gasteiger partial charge in [-0.3, -0.25) is 4.55 Å². The van der Waals surface area contributed by atoms with E-state index in [1.807, 2.05) is 37.3 Å². The highest BCUT2D eigenvalue weighted by atomic mass is 32.2. The molecule has 7 nitrogen and oxygen atoms in total. The van der Waals surface area contributed by atoms with Crippen LogP contribution in [-0.2, 0) is 21.5 Å². The number of carbonyl (C=O) groups excluding carboxylic acids is 1. The Hall–Kier alpha value is -2.42. The van der Waals surface area contributed by atoms with Gasteiger partial charge in [0.05, 0.1) is 10.9 Å². The smallest absolute Gasteiger partial charge is 0.407 e. The van der Waals surface area contributed by atoms with Crippen molar-refractivity contribution >= 4 is 16.2 Å². The monoisotopic (exact) mass is 418 g/mol. The molecule has 8 heteroatoms. The number of carbonyl (C=O) groups is 1. The number of benzene rings is 2. The molecule has 1 aliphatic carbocycles. The molecule has 3 N–H and O–H groups in total. The number of nitrogens with one attached hydrogen (secondary N) is 2. The van der Waals surface area contributed by atoms with E-state index in [9.17, 15) is 13.2 Å². The lowest BCUT2D eigenvalue weighted by molar-refractivity contribution is 0.133. The van der Waals surface area contributed by atoms with Gasteiger partial charge in [0.25, 0.3) is 10.1 Å². The van der Waals surface area contributed by atoms with Gasteiger partial charge in [0.15, 0.2) is 0 Å². The van der Waals surface area contributed by atoms with Crippen LogP contribution in [0.4, 0.5) is 4.79 Å².